The third-order valence-electron chi connectivity index (χ3n) is 2.18. The van der Waals surface area contributed by atoms with E-state index in [0.717, 1.165) is 16.4 Å². The maximum Gasteiger partial charge on any atom is 0.151 e. The fourth-order valence-electron chi connectivity index (χ4n) is 1.49. The van der Waals surface area contributed by atoms with Crippen molar-refractivity contribution >= 4 is 33.4 Å². The second-order valence-corrected chi connectivity index (χ2v) is 3.89. The van der Waals surface area contributed by atoms with Crippen molar-refractivity contribution in [2.24, 2.45) is 0 Å². The Labute approximate surface area is 84.8 Å². The summed E-state index contributed by atoms with van der Waals surface area (Å²) in [7, 11) is 0. The smallest absolute Gasteiger partial charge is 0.151 e. The summed E-state index contributed by atoms with van der Waals surface area (Å²) in [5, 5.41) is 11.8. The van der Waals surface area contributed by atoms with Gasteiger partial charge >= 0.3 is 0 Å². The van der Waals surface area contributed by atoms with Crippen LogP contribution in [0.5, 0.6) is 0 Å². The van der Waals surface area contributed by atoms with E-state index in [2.05, 4.69) is 0 Å². The number of benzene rings is 1. The molecule has 0 aliphatic rings. The van der Waals surface area contributed by atoms with Gasteiger partial charge < -0.3 is 10.8 Å². The van der Waals surface area contributed by atoms with Crippen molar-refractivity contribution in [1.82, 2.24) is 0 Å². The van der Waals surface area contributed by atoms with E-state index in [1.165, 1.54) is 11.3 Å². The van der Waals surface area contributed by atoms with E-state index < -0.39 is 0 Å². The van der Waals surface area contributed by atoms with Crippen molar-refractivity contribution in [3.8, 4) is 0 Å². The summed E-state index contributed by atoms with van der Waals surface area (Å²) in [6.45, 7) is -0.161. The number of aliphatic hydroxyl groups excluding tert-OH is 1. The summed E-state index contributed by atoms with van der Waals surface area (Å²) in [6, 6.07) is 3.53. The van der Waals surface area contributed by atoms with Gasteiger partial charge in [0.15, 0.2) is 6.29 Å². The molecular weight excluding hydrogens is 198 g/mol. The quantitative estimate of drug-likeness (QED) is 0.583. The molecule has 0 aliphatic carbocycles. The highest BCUT2D eigenvalue weighted by molar-refractivity contribution is 7.17. The summed E-state index contributed by atoms with van der Waals surface area (Å²) in [5.41, 5.74) is 7.53. The molecule has 0 fully saturated rings. The maximum atomic E-state index is 10.9. The second kappa shape index (κ2) is 3.40. The summed E-state index contributed by atoms with van der Waals surface area (Å²) < 4.78 is 0.851. The Balaban J connectivity index is 2.88. The van der Waals surface area contributed by atoms with Crippen molar-refractivity contribution in [3.05, 3.63) is 28.6 Å². The number of carbonyl (C=O) groups is 1. The van der Waals surface area contributed by atoms with E-state index in [0.29, 0.717) is 16.8 Å². The average molecular weight is 207 g/mol. The summed E-state index contributed by atoms with van der Waals surface area (Å²) in [6.07, 6.45) is 0.768. The molecule has 1 aromatic heterocycles. The number of nitrogens with two attached hydrogens (primary N) is 1. The molecular formula is C10H9NO2S. The Morgan fingerprint density at radius 2 is 2.36 bits per heavy atom. The highest BCUT2D eigenvalue weighted by Gasteiger charge is 2.10. The molecule has 3 nitrogen and oxygen atoms in total. The van der Waals surface area contributed by atoms with Gasteiger partial charge in [0, 0.05) is 21.3 Å². The zero-order valence-electron chi connectivity index (χ0n) is 7.36. The van der Waals surface area contributed by atoms with Crippen LogP contribution < -0.4 is 5.73 Å². The predicted molar refractivity (Wildman–Crippen MR) is 57.5 cm³/mol. The lowest BCUT2D eigenvalue weighted by atomic mass is 10.1. The molecule has 0 atom stereocenters. The number of fused-ring (bicyclic) bond motifs is 1. The molecule has 2 aromatic rings. The van der Waals surface area contributed by atoms with Crippen molar-refractivity contribution in [2.45, 2.75) is 6.61 Å². The molecule has 0 saturated heterocycles. The van der Waals surface area contributed by atoms with Gasteiger partial charge in [0.2, 0.25) is 0 Å². The van der Waals surface area contributed by atoms with Gasteiger partial charge in [0.05, 0.1) is 6.61 Å². The van der Waals surface area contributed by atoms with E-state index in [1.54, 1.807) is 6.07 Å². The molecule has 4 heteroatoms. The van der Waals surface area contributed by atoms with E-state index in [1.807, 2.05) is 11.4 Å². The monoisotopic (exact) mass is 207 g/mol. The van der Waals surface area contributed by atoms with Gasteiger partial charge in [-0.05, 0) is 23.1 Å². The van der Waals surface area contributed by atoms with Gasteiger partial charge in [-0.1, -0.05) is 0 Å². The van der Waals surface area contributed by atoms with Crippen LogP contribution in [0.15, 0.2) is 17.5 Å². The van der Waals surface area contributed by atoms with Gasteiger partial charge in [-0.3, -0.25) is 4.79 Å². The van der Waals surface area contributed by atoms with E-state index in [-0.39, 0.29) is 6.61 Å². The highest BCUT2D eigenvalue weighted by atomic mass is 32.1. The Bertz CT molecular complexity index is 490. The molecule has 0 bridgehead atoms. The Morgan fingerprint density at radius 3 is 3.00 bits per heavy atom. The first-order valence-electron chi connectivity index (χ1n) is 4.12. The molecule has 3 N–H and O–H groups in total. The lowest BCUT2D eigenvalue weighted by Gasteiger charge is -2.05. The van der Waals surface area contributed by atoms with Crippen LogP contribution in [0.4, 0.5) is 5.69 Å². The summed E-state index contributed by atoms with van der Waals surface area (Å²) >= 11 is 1.46. The fraction of sp³-hybridized carbons (Fsp3) is 0.100. The molecule has 2 rings (SSSR count). The molecule has 14 heavy (non-hydrogen) atoms. The zero-order chi connectivity index (χ0) is 10.1. The summed E-state index contributed by atoms with van der Waals surface area (Å²) in [5.74, 6) is 0. The lowest BCUT2D eigenvalue weighted by Crippen LogP contribution is -1.96. The molecule has 0 aliphatic heterocycles. The zero-order valence-corrected chi connectivity index (χ0v) is 8.17. The fourth-order valence-corrected chi connectivity index (χ4v) is 2.45. The van der Waals surface area contributed by atoms with Crippen LogP contribution in [-0.2, 0) is 6.61 Å². The molecule has 0 spiro atoms. The number of hydrogen-bond donors (Lipinski definition) is 2. The van der Waals surface area contributed by atoms with E-state index in [4.69, 9.17) is 10.8 Å². The number of nitrogen functional groups attached to an aromatic ring is 1. The van der Waals surface area contributed by atoms with E-state index >= 15 is 0 Å². The number of aldehydes is 1. The normalized spacial score (nSPS) is 10.6. The molecule has 1 heterocycles. The molecule has 0 unspecified atom stereocenters. The van der Waals surface area contributed by atoms with Crippen molar-refractivity contribution < 1.29 is 9.90 Å². The topological polar surface area (TPSA) is 63.3 Å². The van der Waals surface area contributed by atoms with Crippen LogP contribution in [0.3, 0.4) is 0 Å². The number of aliphatic hydroxyl groups is 1. The molecule has 0 amide bonds. The Kier molecular flexibility index (Phi) is 2.23. The maximum absolute atomic E-state index is 10.9. The van der Waals surface area contributed by atoms with Gasteiger partial charge in [0.1, 0.15) is 0 Å². The van der Waals surface area contributed by atoms with Crippen molar-refractivity contribution in [1.29, 1.82) is 0 Å². The number of carbonyl (C=O) groups excluding carboxylic acids is 1. The Hall–Kier alpha value is -1.39. The number of anilines is 1. The largest absolute Gasteiger partial charge is 0.398 e. The second-order valence-electron chi connectivity index (χ2n) is 2.98. The number of thiophene rings is 1. The molecule has 1 aromatic carbocycles. The summed E-state index contributed by atoms with van der Waals surface area (Å²) in [4.78, 5) is 10.9. The minimum absolute atomic E-state index is 0.161. The third kappa shape index (κ3) is 1.20. The molecule has 0 saturated carbocycles. The minimum atomic E-state index is -0.161. The highest BCUT2D eigenvalue weighted by Crippen LogP contribution is 2.31. The first-order chi connectivity index (χ1) is 6.77. The van der Waals surface area contributed by atoms with Crippen LogP contribution in [0.25, 0.3) is 10.1 Å². The number of rotatable bonds is 2. The standard InChI is InChI=1S/C10H9NO2S/c11-9-3-6(4-12)8(5-13)10-7(9)1-2-14-10/h1-3,5,12H,4,11H2. The van der Waals surface area contributed by atoms with Crippen molar-refractivity contribution in [3.63, 3.8) is 0 Å². The minimum Gasteiger partial charge on any atom is -0.398 e. The van der Waals surface area contributed by atoms with Crippen LogP contribution >= 0.6 is 11.3 Å². The van der Waals surface area contributed by atoms with Crippen LogP contribution in [0.2, 0.25) is 0 Å². The molecule has 72 valence electrons. The first-order valence-corrected chi connectivity index (χ1v) is 5.00. The average Bonchev–Trinajstić information content (AvgIpc) is 2.66. The van der Waals surface area contributed by atoms with Gasteiger partial charge in [-0.2, -0.15) is 0 Å². The van der Waals surface area contributed by atoms with Crippen LogP contribution in [0.1, 0.15) is 15.9 Å². The van der Waals surface area contributed by atoms with Crippen molar-refractivity contribution in [2.75, 3.05) is 5.73 Å². The Morgan fingerprint density at radius 1 is 1.57 bits per heavy atom. The SMILES string of the molecule is Nc1cc(CO)c(C=O)c2sccc12. The van der Waals surface area contributed by atoms with E-state index in [9.17, 15) is 4.79 Å². The number of hydrogen-bond acceptors (Lipinski definition) is 4. The molecule has 0 radical (unpaired) electrons. The van der Waals surface area contributed by atoms with Crippen LogP contribution in [0, 0.1) is 0 Å². The lowest BCUT2D eigenvalue weighted by molar-refractivity contribution is 0.112. The van der Waals surface area contributed by atoms with Gasteiger partial charge in [-0.15, -0.1) is 11.3 Å². The first kappa shape index (κ1) is 9.18. The van der Waals surface area contributed by atoms with Gasteiger partial charge in [-0.25, -0.2) is 0 Å². The van der Waals surface area contributed by atoms with Crippen LogP contribution in [-0.4, -0.2) is 11.4 Å². The third-order valence-corrected chi connectivity index (χ3v) is 3.13. The predicted octanol–water partition coefficient (Wildman–Crippen LogP) is 1.79. The van der Waals surface area contributed by atoms with Gasteiger partial charge in [0.25, 0.3) is 0 Å².